The van der Waals surface area contributed by atoms with Crippen LogP contribution < -0.4 is 10.6 Å². The standard InChI is InChI=1S/C22H22F4N2O5S/c1-3-33-20(31)21(22(24,25)26,27-17(29)12-7-6-8-13(23)11-12)28-18-16(19(30)32-2)14-9-4-5-10-15(14)34-18/h6-8,11,28H,3-5,9-10H2,1-2H3,(H,27,29). The maximum Gasteiger partial charge on any atom is 0.441 e. The number of methoxy groups -OCH3 is 1. The lowest BCUT2D eigenvalue weighted by Crippen LogP contribution is -2.69. The zero-order valence-corrected chi connectivity index (χ0v) is 19.1. The molecule has 0 fully saturated rings. The van der Waals surface area contributed by atoms with Gasteiger partial charge in [-0.25, -0.2) is 14.0 Å². The van der Waals surface area contributed by atoms with Crippen LogP contribution in [-0.2, 0) is 27.1 Å². The van der Waals surface area contributed by atoms with Crippen LogP contribution in [0.5, 0.6) is 0 Å². The summed E-state index contributed by atoms with van der Waals surface area (Å²) in [4.78, 5) is 38.6. The van der Waals surface area contributed by atoms with Gasteiger partial charge < -0.3 is 20.1 Å². The molecule has 0 saturated heterocycles. The molecule has 0 spiro atoms. The van der Waals surface area contributed by atoms with E-state index in [9.17, 15) is 31.9 Å². The highest BCUT2D eigenvalue weighted by atomic mass is 32.1. The van der Waals surface area contributed by atoms with Crippen molar-refractivity contribution in [2.75, 3.05) is 19.0 Å². The first-order chi connectivity index (χ1) is 16.0. The van der Waals surface area contributed by atoms with Crippen LogP contribution in [0, 0.1) is 5.82 Å². The molecular weight excluding hydrogens is 480 g/mol. The predicted molar refractivity (Wildman–Crippen MR) is 115 cm³/mol. The van der Waals surface area contributed by atoms with Gasteiger partial charge in [0.15, 0.2) is 0 Å². The Labute approximate surface area is 196 Å². The second-order valence-corrected chi connectivity index (χ2v) is 8.57. The Morgan fingerprint density at radius 1 is 1.15 bits per heavy atom. The molecule has 12 heteroatoms. The average Bonchev–Trinajstić information content (AvgIpc) is 3.15. The van der Waals surface area contributed by atoms with E-state index in [0.717, 1.165) is 55.6 Å². The Kier molecular flexibility index (Phi) is 7.49. The summed E-state index contributed by atoms with van der Waals surface area (Å²) in [5.41, 5.74) is -3.79. The van der Waals surface area contributed by atoms with Gasteiger partial charge in [-0.1, -0.05) is 6.07 Å². The van der Waals surface area contributed by atoms with E-state index in [1.807, 2.05) is 0 Å². The summed E-state index contributed by atoms with van der Waals surface area (Å²) in [6, 6.07) is 3.97. The summed E-state index contributed by atoms with van der Waals surface area (Å²) >= 11 is 0.878. The maximum atomic E-state index is 14.5. The molecule has 0 bridgehead atoms. The highest BCUT2D eigenvalue weighted by Gasteiger charge is 2.64. The molecule has 0 saturated carbocycles. The fourth-order valence-electron chi connectivity index (χ4n) is 3.64. The molecule has 34 heavy (non-hydrogen) atoms. The number of thiophene rings is 1. The molecule has 2 aromatic rings. The van der Waals surface area contributed by atoms with E-state index >= 15 is 0 Å². The van der Waals surface area contributed by atoms with E-state index in [0.29, 0.717) is 23.3 Å². The van der Waals surface area contributed by atoms with Gasteiger partial charge >= 0.3 is 23.8 Å². The van der Waals surface area contributed by atoms with E-state index in [4.69, 9.17) is 4.74 Å². The highest BCUT2D eigenvalue weighted by Crippen LogP contribution is 2.42. The van der Waals surface area contributed by atoms with Crippen molar-refractivity contribution in [2.45, 2.75) is 44.4 Å². The maximum absolute atomic E-state index is 14.5. The Morgan fingerprint density at radius 2 is 1.85 bits per heavy atom. The lowest BCUT2D eigenvalue weighted by Gasteiger charge is -2.35. The van der Waals surface area contributed by atoms with Gasteiger partial charge in [-0.3, -0.25) is 4.79 Å². The first kappa shape index (κ1) is 25.5. The molecule has 7 nitrogen and oxygen atoms in total. The third-order valence-electron chi connectivity index (χ3n) is 5.26. The fourth-order valence-corrected chi connectivity index (χ4v) is 4.98. The molecule has 1 aromatic carbocycles. The molecule has 1 aromatic heterocycles. The number of rotatable bonds is 7. The van der Waals surface area contributed by atoms with Crippen molar-refractivity contribution in [3.05, 3.63) is 51.7 Å². The van der Waals surface area contributed by atoms with E-state index in [-0.39, 0.29) is 10.6 Å². The van der Waals surface area contributed by atoms with E-state index in [2.05, 4.69) is 10.1 Å². The summed E-state index contributed by atoms with van der Waals surface area (Å²) in [5, 5.41) is 3.43. The van der Waals surface area contributed by atoms with Crippen molar-refractivity contribution in [3.63, 3.8) is 0 Å². The first-order valence-corrected chi connectivity index (χ1v) is 11.2. The van der Waals surface area contributed by atoms with Crippen LogP contribution in [0.2, 0.25) is 0 Å². The van der Waals surface area contributed by atoms with Crippen molar-refractivity contribution in [2.24, 2.45) is 0 Å². The normalized spacial score (nSPS) is 15.0. The van der Waals surface area contributed by atoms with Gasteiger partial charge in [0.25, 0.3) is 5.91 Å². The van der Waals surface area contributed by atoms with Crippen molar-refractivity contribution in [1.29, 1.82) is 0 Å². The zero-order valence-electron chi connectivity index (χ0n) is 18.3. The van der Waals surface area contributed by atoms with Crippen LogP contribution in [0.3, 0.4) is 0 Å². The van der Waals surface area contributed by atoms with Crippen molar-refractivity contribution >= 4 is 34.2 Å². The number of carbonyl (C=O) groups is 3. The van der Waals surface area contributed by atoms with Crippen molar-refractivity contribution < 1.29 is 41.4 Å². The van der Waals surface area contributed by atoms with Crippen LogP contribution in [0.15, 0.2) is 24.3 Å². The van der Waals surface area contributed by atoms with Crippen LogP contribution in [0.4, 0.5) is 22.6 Å². The summed E-state index contributed by atoms with van der Waals surface area (Å²) in [7, 11) is 1.09. The predicted octanol–water partition coefficient (Wildman–Crippen LogP) is 4.22. The number of anilines is 1. The molecule has 1 atom stereocenters. The molecule has 1 heterocycles. The Balaban J connectivity index is 2.14. The van der Waals surface area contributed by atoms with Gasteiger partial charge in [0.1, 0.15) is 10.8 Å². The van der Waals surface area contributed by atoms with Gasteiger partial charge in [-0.15, -0.1) is 11.3 Å². The minimum atomic E-state index is -5.42. The minimum absolute atomic E-state index is 0.125. The number of fused-ring (bicyclic) bond motifs is 1. The Morgan fingerprint density at radius 3 is 2.47 bits per heavy atom. The number of alkyl halides is 3. The van der Waals surface area contributed by atoms with E-state index in [1.54, 1.807) is 5.32 Å². The van der Waals surface area contributed by atoms with Gasteiger partial charge in [0, 0.05) is 10.4 Å². The van der Waals surface area contributed by atoms with Crippen LogP contribution in [-0.4, -0.2) is 43.4 Å². The number of amides is 1. The lowest BCUT2D eigenvalue weighted by molar-refractivity contribution is -0.204. The first-order valence-electron chi connectivity index (χ1n) is 10.4. The second kappa shape index (κ2) is 10.00. The molecule has 1 aliphatic carbocycles. The summed E-state index contributed by atoms with van der Waals surface area (Å²) in [5.74, 6) is -4.95. The van der Waals surface area contributed by atoms with Crippen molar-refractivity contribution in [1.82, 2.24) is 5.32 Å². The topological polar surface area (TPSA) is 93.7 Å². The number of benzene rings is 1. The number of aryl methyl sites for hydroxylation is 1. The molecule has 0 radical (unpaired) electrons. The van der Waals surface area contributed by atoms with Gasteiger partial charge in [-0.2, -0.15) is 13.2 Å². The largest absolute Gasteiger partial charge is 0.465 e. The van der Waals surface area contributed by atoms with Gasteiger partial charge in [0.05, 0.1) is 19.3 Å². The van der Waals surface area contributed by atoms with Gasteiger partial charge in [-0.05, 0) is 56.4 Å². The summed E-state index contributed by atoms with van der Waals surface area (Å²) in [6.45, 7) is 0.885. The number of hydrogen-bond acceptors (Lipinski definition) is 7. The Bertz CT molecular complexity index is 1100. The van der Waals surface area contributed by atoms with Crippen LogP contribution in [0.1, 0.15) is 50.9 Å². The van der Waals surface area contributed by atoms with Crippen molar-refractivity contribution in [3.8, 4) is 0 Å². The molecule has 1 aliphatic rings. The molecule has 3 rings (SSSR count). The molecular formula is C22H22F4N2O5S. The van der Waals surface area contributed by atoms with E-state index in [1.165, 1.54) is 6.92 Å². The van der Waals surface area contributed by atoms with Gasteiger partial charge in [0.2, 0.25) is 0 Å². The zero-order chi connectivity index (χ0) is 25.1. The molecule has 2 N–H and O–H groups in total. The summed E-state index contributed by atoms with van der Waals surface area (Å²) in [6.07, 6.45) is -2.91. The second-order valence-electron chi connectivity index (χ2n) is 7.46. The molecule has 1 unspecified atom stereocenters. The number of halogens is 4. The van der Waals surface area contributed by atoms with E-state index < -0.39 is 47.7 Å². The SMILES string of the molecule is CCOC(=O)C(NC(=O)c1cccc(F)c1)(Nc1sc2c(c1C(=O)OC)CCCC2)C(F)(F)F. The smallest absolute Gasteiger partial charge is 0.441 e. The molecule has 184 valence electrons. The number of esters is 2. The highest BCUT2D eigenvalue weighted by molar-refractivity contribution is 7.16. The number of carbonyl (C=O) groups excluding carboxylic acids is 3. The third-order valence-corrected chi connectivity index (χ3v) is 6.46. The number of ether oxygens (including phenoxy) is 2. The number of nitrogens with one attached hydrogen (secondary N) is 2. The number of hydrogen-bond donors (Lipinski definition) is 2. The molecule has 1 amide bonds. The lowest BCUT2D eigenvalue weighted by atomic mass is 9.95. The Hall–Kier alpha value is -3.15. The minimum Gasteiger partial charge on any atom is -0.465 e. The summed E-state index contributed by atoms with van der Waals surface area (Å²) < 4.78 is 66.6. The van der Waals surface area contributed by atoms with Crippen LogP contribution in [0.25, 0.3) is 0 Å². The molecule has 0 aliphatic heterocycles. The third kappa shape index (κ3) is 4.86. The fraction of sp³-hybridized carbons (Fsp3) is 0.409. The average molecular weight is 502 g/mol. The quantitative estimate of drug-likeness (QED) is 0.335. The van der Waals surface area contributed by atoms with Crippen LogP contribution >= 0.6 is 11.3 Å². The monoisotopic (exact) mass is 502 g/mol.